The average Bonchev–Trinajstić information content (AvgIpc) is 3.04. The Balaban J connectivity index is 1.46. The number of carbonyl (C=O) groups is 1. The van der Waals surface area contributed by atoms with Crippen molar-refractivity contribution in [1.82, 2.24) is 14.9 Å². The van der Waals surface area contributed by atoms with Crippen molar-refractivity contribution in [2.45, 2.75) is 31.3 Å². The van der Waals surface area contributed by atoms with E-state index in [0.29, 0.717) is 32.6 Å². The van der Waals surface area contributed by atoms with Gasteiger partial charge in [-0.25, -0.2) is 9.97 Å². The lowest BCUT2D eigenvalue weighted by Crippen LogP contribution is -2.51. The predicted molar refractivity (Wildman–Crippen MR) is 115 cm³/mol. The van der Waals surface area contributed by atoms with E-state index >= 15 is 0 Å². The minimum absolute atomic E-state index is 0.0752. The van der Waals surface area contributed by atoms with Gasteiger partial charge >= 0.3 is 0 Å². The Morgan fingerprint density at radius 3 is 2.59 bits per heavy atom. The largest absolute Gasteiger partial charge is 0.387 e. The minimum atomic E-state index is -0.513. The summed E-state index contributed by atoms with van der Waals surface area (Å²) in [6, 6.07) is 7.78. The molecule has 1 fully saturated rings. The number of anilines is 1. The quantitative estimate of drug-likeness (QED) is 0.727. The molecule has 0 saturated carbocycles. The molecule has 154 valence electrons. The van der Waals surface area contributed by atoms with Crippen molar-refractivity contribution in [2.75, 3.05) is 37.6 Å². The Labute approximate surface area is 179 Å². The summed E-state index contributed by atoms with van der Waals surface area (Å²) in [5.41, 5.74) is 8.69. The number of aliphatic hydroxyl groups is 1. The number of halogens is 1. The molecule has 4 rings (SSSR count). The fraction of sp³-hybridized carbons (Fsp3) is 0.476. The van der Waals surface area contributed by atoms with Gasteiger partial charge in [-0.05, 0) is 30.0 Å². The third-order valence-electron chi connectivity index (χ3n) is 5.98. The van der Waals surface area contributed by atoms with Gasteiger partial charge in [0, 0.05) is 42.8 Å². The van der Waals surface area contributed by atoms with Gasteiger partial charge in [-0.3, -0.25) is 4.79 Å². The van der Waals surface area contributed by atoms with Crippen LogP contribution in [0.3, 0.4) is 0 Å². The minimum Gasteiger partial charge on any atom is -0.387 e. The van der Waals surface area contributed by atoms with Crippen LogP contribution in [0.4, 0.5) is 5.82 Å². The number of rotatable bonds is 4. The maximum absolute atomic E-state index is 13.1. The lowest BCUT2D eigenvalue weighted by molar-refractivity contribution is -0.132. The number of fused-ring (bicyclic) bond motifs is 1. The van der Waals surface area contributed by atoms with E-state index in [4.69, 9.17) is 5.73 Å². The van der Waals surface area contributed by atoms with E-state index in [0.717, 1.165) is 27.1 Å². The number of nitrogens with zero attached hydrogens (tertiary/aromatic N) is 4. The highest BCUT2D eigenvalue weighted by Gasteiger charge is 2.34. The first kappa shape index (κ1) is 20.3. The molecule has 1 amide bonds. The van der Waals surface area contributed by atoms with E-state index in [1.54, 1.807) is 0 Å². The normalized spacial score (nSPS) is 22.5. The third-order valence-corrected chi connectivity index (χ3v) is 6.50. The van der Waals surface area contributed by atoms with Crippen LogP contribution in [0.15, 0.2) is 35.1 Å². The number of amides is 1. The molecule has 3 N–H and O–H groups in total. The Morgan fingerprint density at radius 1 is 1.24 bits per heavy atom. The first-order valence-electron chi connectivity index (χ1n) is 10.0. The summed E-state index contributed by atoms with van der Waals surface area (Å²) in [6.07, 6.45) is 1.70. The van der Waals surface area contributed by atoms with Crippen molar-refractivity contribution in [3.63, 3.8) is 0 Å². The second-order valence-corrected chi connectivity index (χ2v) is 8.72. The van der Waals surface area contributed by atoms with Gasteiger partial charge in [-0.1, -0.05) is 35.0 Å². The van der Waals surface area contributed by atoms with Gasteiger partial charge in [0.2, 0.25) is 5.91 Å². The Bertz CT molecular complexity index is 883. The van der Waals surface area contributed by atoms with E-state index in [-0.39, 0.29) is 24.3 Å². The number of piperazine rings is 1. The first-order chi connectivity index (χ1) is 14.0. The van der Waals surface area contributed by atoms with Crippen molar-refractivity contribution < 1.29 is 9.90 Å². The summed E-state index contributed by atoms with van der Waals surface area (Å²) >= 11 is 3.43. The Hall–Kier alpha value is -2.03. The molecule has 1 saturated heterocycles. The maximum Gasteiger partial charge on any atom is 0.231 e. The average molecular weight is 460 g/mol. The van der Waals surface area contributed by atoms with E-state index in [9.17, 15) is 9.90 Å². The van der Waals surface area contributed by atoms with Gasteiger partial charge in [0.15, 0.2) is 0 Å². The molecule has 1 aromatic carbocycles. The van der Waals surface area contributed by atoms with Gasteiger partial charge in [0.25, 0.3) is 0 Å². The molecule has 8 heteroatoms. The third kappa shape index (κ3) is 3.89. The summed E-state index contributed by atoms with van der Waals surface area (Å²) in [6.45, 7) is 5.05. The summed E-state index contributed by atoms with van der Waals surface area (Å²) in [5, 5.41) is 10.2. The Kier molecular flexibility index (Phi) is 5.85. The fourth-order valence-electron chi connectivity index (χ4n) is 4.39. The van der Waals surface area contributed by atoms with Gasteiger partial charge < -0.3 is 20.6 Å². The highest BCUT2D eigenvalue weighted by atomic mass is 79.9. The molecule has 1 aromatic heterocycles. The number of benzene rings is 1. The number of aliphatic hydroxyl groups excluding tert-OH is 1. The molecule has 2 heterocycles. The first-order valence-corrected chi connectivity index (χ1v) is 10.8. The second kappa shape index (κ2) is 8.38. The van der Waals surface area contributed by atoms with Crippen LogP contribution in [0, 0.1) is 0 Å². The van der Waals surface area contributed by atoms with Crippen molar-refractivity contribution in [3.05, 3.63) is 51.9 Å². The molecular weight excluding hydrogens is 434 g/mol. The summed E-state index contributed by atoms with van der Waals surface area (Å²) < 4.78 is 0.981. The second-order valence-electron chi connectivity index (χ2n) is 7.80. The van der Waals surface area contributed by atoms with Crippen molar-refractivity contribution >= 4 is 27.7 Å². The molecule has 3 atom stereocenters. The van der Waals surface area contributed by atoms with Crippen LogP contribution in [0.2, 0.25) is 0 Å². The molecule has 1 unspecified atom stereocenters. The molecule has 1 aliphatic heterocycles. The number of aromatic nitrogens is 2. The van der Waals surface area contributed by atoms with Crippen LogP contribution in [-0.2, 0) is 4.79 Å². The van der Waals surface area contributed by atoms with Crippen molar-refractivity contribution in [3.8, 4) is 0 Å². The molecule has 0 bridgehead atoms. The van der Waals surface area contributed by atoms with Crippen LogP contribution in [0.1, 0.15) is 48.1 Å². The van der Waals surface area contributed by atoms with Crippen LogP contribution >= 0.6 is 15.9 Å². The van der Waals surface area contributed by atoms with E-state index in [2.05, 4.69) is 37.7 Å². The van der Waals surface area contributed by atoms with Gasteiger partial charge in [0.1, 0.15) is 12.1 Å². The van der Waals surface area contributed by atoms with Crippen LogP contribution in [-0.4, -0.2) is 58.6 Å². The molecule has 2 aromatic rings. The van der Waals surface area contributed by atoms with E-state index in [1.807, 2.05) is 29.2 Å². The molecule has 7 nitrogen and oxygen atoms in total. The van der Waals surface area contributed by atoms with E-state index in [1.165, 1.54) is 6.33 Å². The SMILES string of the molecule is C[C@@H]1C[C@@H](O)c2ncnc(N3CCN(C(=O)C(CN)c4ccc(Br)cc4)CC3)c21. The summed E-state index contributed by atoms with van der Waals surface area (Å²) in [5.74, 6) is 0.878. The van der Waals surface area contributed by atoms with E-state index < -0.39 is 6.10 Å². The van der Waals surface area contributed by atoms with Gasteiger partial charge in [-0.15, -0.1) is 0 Å². The van der Waals surface area contributed by atoms with Crippen molar-refractivity contribution in [2.24, 2.45) is 5.73 Å². The van der Waals surface area contributed by atoms with Crippen LogP contribution < -0.4 is 10.6 Å². The van der Waals surface area contributed by atoms with Crippen molar-refractivity contribution in [1.29, 1.82) is 0 Å². The maximum atomic E-state index is 13.1. The van der Waals surface area contributed by atoms with Gasteiger partial charge in [0.05, 0.1) is 17.7 Å². The fourth-order valence-corrected chi connectivity index (χ4v) is 4.65. The molecule has 0 spiro atoms. The topological polar surface area (TPSA) is 95.6 Å². The lowest BCUT2D eigenvalue weighted by Gasteiger charge is -2.37. The standard InChI is InChI=1S/C21H26BrN5O2/c1-13-10-17(28)19-18(13)20(25-12-24-19)26-6-8-27(9-7-26)21(29)16(11-23)14-2-4-15(22)5-3-14/h2-5,12-13,16-17,28H,6-11,23H2,1H3/t13-,16?,17-/m1/s1. The Morgan fingerprint density at radius 2 is 1.93 bits per heavy atom. The lowest BCUT2D eigenvalue weighted by atomic mass is 9.97. The molecular formula is C21H26BrN5O2. The predicted octanol–water partition coefficient (Wildman–Crippen LogP) is 2.17. The smallest absolute Gasteiger partial charge is 0.231 e. The molecule has 2 aliphatic rings. The summed E-state index contributed by atoms with van der Waals surface area (Å²) in [4.78, 5) is 26.0. The van der Waals surface area contributed by atoms with Crippen LogP contribution in [0.5, 0.6) is 0 Å². The zero-order chi connectivity index (χ0) is 20.5. The number of hydrogen-bond donors (Lipinski definition) is 2. The number of nitrogens with two attached hydrogens (primary N) is 1. The zero-order valence-electron chi connectivity index (χ0n) is 16.5. The number of hydrogen-bond acceptors (Lipinski definition) is 6. The number of carbonyl (C=O) groups excluding carboxylic acids is 1. The molecule has 0 radical (unpaired) electrons. The van der Waals surface area contributed by atoms with Gasteiger partial charge in [-0.2, -0.15) is 0 Å². The molecule has 29 heavy (non-hydrogen) atoms. The highest BCUT2D eigenvalue weighted by molar-refractivity contribution is 9.10. The summed E-state index contributed by atoms with van der Waals surface area (Å²) in [7, 11) is 0. The highest BCUT2D eigenvalue weighted by Crippen LogP contribution is 2.42. The molecule has 1 aliphatic carbocycles. The zero-order valence-corrected chi connectivity index (χ0v) is 18.0. The monoisotopic (exact) mass is 459 g/mol. The van der Waals surface area contributed by atoms with Crippen LogP contribution in [0.25, 0.3) is 0 Å².